The van der Waals surface area contributed by atoms with E-state index < -0.39 is 24.1 Å². The highest BCUT2D eigenvalue weighted by molar-refractivity contribution is 5.90. The highest BCUT2D eigenvalue weighted by Crippen LogP contribution is 2.08. The Morgan fingerprint density at radius 2 is 2.31 bits per heavy atom. The van der Waals surface area contributed by atoms with Gasteiger partial charge in [0, 0.05) is 19.2 Å². The summed E-state index contributed by atoms with van der Waals surface area (Å²) < 4.78 is 9.50. The van der Waals surface area contributed by atoms with Gasteiger partial charge in [-0.25, -0.2) is 14.4 Å². The molecule has 0 spiro atoms. The minimum absolute atomic E-state index is 0.0845. The number of hydrogen-bond donors (Lipinski definition) is 1. The number of cyclic esters (lactones) is 1. The summed E-state index contributed by atoms with van der Waals surface area (Å²) in [5.41, 5.74) is 0. The lowest BCUT2D eigenvalue weighted by molar-refractivity contribution is -0.140. The van der Waals surface area contributed by atoms with Crippen molar-refractivity contribution in [3.05, 3.63) is 12.2 Å². The number of carbonyl (C=O) groups is 3. The number of likely N-dealkylation sites (N-methyl/N-ethyl adjacent to an activating group) is 1. The molecule has 0 unspecified atom stereocenters. The maximum atomic E-state index is 10.9. The molecule has 0 aromatic rings. The summed E-state index contributed by atoms with van der Waals surface area (Å²) in [5, 5.41) is 8.24. The Labute approximate surface area is 91.2 Å². The molecule has 1 atom stereocenters. The lowest BCUT2D eigenvalue weighted by atomic mass is 10.4. The summed E-state index contributed by atoms with van der Waals surface area (Å²) in [5.74, 6) is -2.02. The molecule has 1 aliphatic heterocycles. The number of ether oxygens (including phenoxy) is 2. The van der Waals surface area contributed by atoms with Crippen LogP contribution >= 0.6 is 0 Å². The first-order valence-corrected chi connectivity index (χ1v) is 4.48. The average Bonchev–Trinajstić information content (AvgIpc) is 2.52. The van der Waals surface area contributed by atoms with Gasteiger partial charge in [0.2, 0.25) is 0 Å². The van der Waals surface area contributed by atoms with E-state index in [-0.39, 0.29) is 6.61 Å². The summed E-state index contributed by atoms with van der Waals surface area (Å²) in [6.07, 6.45) is 0.500. The first-order valence-electron chi connectivity index (χ1n) is 4.48. The van der Waals surface area contributed by atoms with Crippen molar-refractivity contribution < 1.29 is 29.0 Å². The summed E-state index contributed by atoms with van der Waals surface area (Å²) in [4.78, 5) is 33.3. The van der Waals surface area contributed by atoms with Crippen LogP contribution in [-0.2, 0) is 19.1 Å². The Kier molecular flexibility index (Phi) is 3.87. The topological polar surface area (TPSA) is 93.1 Å². The highest BCUT2D eigenvalue weighted by atomic mass is 16.6. The number of rotatable bonds is 4. The fourth-order valence-electron chi connectivity index (χ4n) is 1.10. The fourth-order valence-corrected chi connectivity index (χ4v) is 1.10. The normalized spacial score (nSPS) is 19.9. The van der Waals surface area contributed by atoms with Gasteiger partial charge in [0.1, 0.15) is 6.61 Å². The molecule has 7 nitrogen and oxygen atoms in total. The molecule has 0 radical (unpaired) electrons. The SMILES string of the molecule is CN1C[C@H](COC(=O)C=CC(=O)O)OC1=O. The van der Waals surface area contributed by atoms with Crippen LogP contribution in [0.4, 0.5) is 4.79 Å². The van der Waals surface area contributed by atoms with E-state index in [0.29, 0.717) is 12.6 Å². The Hall–Kier alpha value is -2.05. The van der Waals surface area contributed by atoms with Crippen LogP contribution in [0.3, 0.4) is 0 Å². The largest absolute Gasteiger partial charge is 0.478 e. The van der Waals surface area contributed by atoms with E-state index in [1.54, 1.807) is 7.05 Å². The summed E-state index contributed by atoms with van der Waals surface area (Å²) in [6, 6.07) is 0. The molecule has 0 aromatic heterocycles. The zero-order chi connectivity index (χ0) is 12.1. The molecule has 1 N–H and O–H groups in total. The van der Waals surface area contributed by atoms with E-state index in [1.807, 2.05) is 0 Å². The quantitative estimate of drug-likeness (QED) is 0.521. The van der Waals surface area contributed by atoms with Gasteiger partial charge in [0.15, 0.2) is 6.10 Å². The summed E-state index contributed by atoms with van der Waals surface area (Å²) in [7, 11) is 1.56. The van der Waals surface area contributed by atoms with Gasteiger partial charge in [0.25, 0.3) is 0 Å². The van der Waals surface area contributed by atoms with Crippen molar-refractivity contribution in [3.8, 4) is 0 Å². The van der Waals surface area contributed by atoms with Gasteiger partial charge in [-0.05, 0) is 0 Å². The first kappa shape index (κ1) is 12.0. The minimum Gasteiger partial charge on any atom is -0.478 e. The van der Waals surface area contributed by atoms with Crippen molar-refractivity contribution in [2.24, 2.45) is 0 Å². The second-order valence-corrected chi connectivity index (χ2v) is 3.19. The molecule has 0 aliphatic carbocycles. The zero-order valence-electron chi connectivity index (χ0n) is 8.58. The van der Waals surface area contributed by atoms with Gasteiger partial charge in [-0.2, -0.15) is 0 Å². The lowest BCUT2D eigenvalue weighted by Gasteiger charge is -2.07. The van der Waals surface area contributed by atoms with Crippen molar-refractivity contribution in [1.82, 2.24) is 4.90 Å². The zero-order valence-corrected chi connectivity index (χ0v) is 8.58. The summed E-state index contributed by atoms with van der Waals surface area (Å²) >= 11 is 0. The van der Waals surface area contributed by atoms with Gasteiger partial charge in [0.05, 0.1) is 6.54 Å². The van der Waals surface area contributed by atoms with E-state index >= 15 is 0 Å². The van der Waals surface area contributed by atoms with Gasteiger partial charge in [-0.15, -0.1) is 0 Å². The third-order valence-corrected chi connectivity index (χ3v) is 1.83. The van der Waals surface area contributed by atoms with Crippen LogP contribution in [0.5, 0.6) is 0 Å². The third kappa shape index (κ3) is 3.60. The Morgan fingerprint density at radius 1 is 1.62 bits per heavy atom. The van der Waals surface area contributed by atoms with Crippen molar-refractivity contribution in [2.45, 2.75) is 6.10 Å². The smallest absolute Gasteiger partial charge is 0.410 e. The van der Waals surface area contributed by atoms with Crippen LogP contribution in [-0.4, -0.2) is 54.3 Å². The molecule has 0 saturated carbocycles. The number of esters is 1. The molecule has 16 heavy (non-hydrogen) atoms. The minimum atomic E-state index is -1.23. The van der Waals surface area contributed by atoms with Crippen molar-refractivity contribution >= 4 is 18.0 Å². The molecule has 0 bridgehead atoms. The van der Waals surface area contributed by atoms with E-state index in [9.17, 15) is 14.4 Å². The number of aliphatic carboxylic acids is 1. The molecule has 1 saturated heterocycles. The maximum absolute atomic E-state index is 10.9. The molecule has 88 valence electrons. The molecule has 0 aromatic carbocycles. The number of hydrogen-bond acceptors (Lipinski definition) is 5. The molecule has 1 amide bonds. The van der Waals surface area contributed by atoms with E-state index in [0.717, 1.165) is 6.08 Å². The van der Waals surface area contributed by atoms with Gasteiger partial charge in [-0.3, -0.25) is 0 Å². The van der Waals surface area contributed by atoms with Crippen LogP contribution in [0.15, 0.2) is 12.2 Å². The number of nitrogens with zero attached hydrogens (tertiary/aromatic N) is 1. The van der Waals surface area contributed by atoms with Crippen LogP contribution < -0.4 is 0 Å². The van der Waals surface area contributed by atoms with Crippen LogP contribution in [0.25, 0.3) is 0 Å². The van der Waals surface area contributed by atoms with E-state index in [1.165, 1.54) is 4.90 Å². The molecular weight excluding hydrogens is 218 g/mol. The molecule has 1 rings (SSSR count). The molecule has 1 heterocycles. The first-order chi connectivity index (χ1) is 7.49. The van der Waals surface area contributed by atoms with Gasteiger partial charge < -0.3 is 19.5 Å². The van der Waals surface area contributed by atoms with Gasteiger partial charge in [-0.1, -0.05) is 0 Å². The number of amides is 1. The Balaban J connectivity index is 2.28. The molecular formula is C9H11NO6. The lowest BCUT2D eigenvalue weighted by Crippen LogP contribution is -2.23. The predicted octanol–water partition coefficient (Wildman–Crippen LogP) is -0.379. The van der Waals surface area contributed by atoms with Crippen LogP contribution in [0.1, 0.15) is 0 Å². The summed E-state index contributed by atoms with van der Waals surface area (Å²) in [6.45, 7) is 0.258. The molecule has 7 heteroatoms. The standard InChI is InChI=1S/C9H11NO6/c1-10-4-6(16-9(10)14)5-15-8(13)3-2-7(11)12/h2-3,6H,4-5H2,1H3,(H,11,12)/t6-/m1/s1. The Bertz CT molecular complexity index is 337. The van der Waals surface area contributed by atoms with E-state index in [4.69, 9.17) is 9.84 Å². The Morgan fingerprint density at radius 3 is 2.81 bits per heavy atom. The molecule has 1 fully saturated rings. The second kappa shape index (κ2) is 5.15. The predicted molar refractivity (Wildman–Crippen MR) is 50.6 cm³/mol. The monoisotopic (exact) mass is 229 g/mol. The van der Waals surface area contributed by atoms with E-state index in [2.05, 4.69) is 4.74 Å². The number of carboxylic acids is 1. The van der Waals surface area contributed by atoms with Crippen molar-refractivity contribution in [3.63, 3.8) is 0 Å². The van der Waals surface area contributed by atoms with Gasteiger partial charge >= 0.3 is 18.0 Å². The van der Waals surface area contributed by atoms with Crippen LogP contribution in [0, 0.1) is 0 Å². The fraction of sp³-hybridized carbons (Fsp3) is 0.444. The van der Waals surface area contributed by atoms with Crippen molar-refractivity contribution in [1.29, 1.82) is 0 Å². The highest BCUT2D eigenvalue weighted by Gasteiger charge is 2.28. The average molecular weight is 229 g/mol. The third-order valence-electron chi connectivity index (χ3n) is 1.83. The van der Waals surface area contributed by atoms with Crippen molar-refractivity contribution in [2.75, 3.05) is 20.2 Å². The molecule has 1 aliphatic rings. The second-order valence-electron chi connectivity index (χ2n) is 3.19. The number of carbonyl (C=O) groups excluding carboxylic acids is 2. The number of carboxylic acid groups (broad SMARTS) is 1. The maximum Gasteiger partial charge on any atom is 0.410 e. The van der Waals surface area contributed by atoms with Crippen LogP contribution in [0.2, 0.25) is 0 Å².